The molecule has 0 aromatic carbocycles. The third kappa shape index (κ3) is 2.55. The van der Waals surface area contributed by atoms with Crippen molar-refractivity contribution in [2.45, 2.75) is 26.4 Å². The van der Waals surface area contributed by atoms with Crippen LogP contribution in [0, 0.1) is 5.92 Å². The van der Waals surface area contributed by atoms with Gasteiger partial charge in [0, 0.05) is 25.5 Å². The lowest BCUT2D eigenvalue weighted by molar-refractivity contribution is 0.513. The van der Waals surface area contributed by atoms with E-state index in [0.717, 1.165) is 12.4 Å². The predicted molar refractivity (Wildman–Crippen MR) is 66.3 cm³/mol. The first-order valence-electron chi connectivity index (χ1n) is 5.82. The van der Waals surface area contributed by atoms with Crippen molar-refractivity contribution in [1.29, 1.82) is 0 Å². The summed E-state index contributed by atoms with van der Waals surface area (Å²) < 4.78 is 4.00. The molecule has 0 spiro atoms. The largest absolute Gasteiger partial charge is 0.346 e. The van der Waals surface area contributed by atoms with Gasteiger partial charge in [-0.1, -0.05) is 13.8 Å². The SMILES string of the molecule is CC(C)C(N)c1ccn(Cc2nncn2C)c1. The highest BCUT2D eigenvalue weighted by molar-refractivity contribution is 5.16. The molecule has 0 radical (unpaired) electrons. The molecule has 5 heteroatoms. The van der Waals surface area contributed by atoms with Crippen LogP contribution in [0.1, 0.15) is 31.3 Å². The van der Waals surface area contributed by atoms with Crippen molar-refractivity contribution >= 4 is 0 Å². The van der Waals surface area contributed by atoms with Gasteiger partial charge in [0.15, 0.2) is 5.82 Å². The van der Waals surface area contributed by atoms with Gasteiger partial charge in [-0.15, -0.1) is 10.2 Å². The molecular weight excluding hydrogens is 214 g/mol. The molecule has 2 N–H and O–H groups in total. The molecule has 92 valence electrons. The van der Waals surface area contributed by atoms with Gasteiger partial charge in [0.2, 0.25) is 0 Å². The van der Waals surface area contributed by atoms with Gasteiger partial charge in [-0.05, 0) is 17.5 Å². The Kier molecular flexibility index (Phi) is 3.28. The van der Waals surface area contributed by atoms with Gasteiger partial charge in [0.1, 0.15) is 6.33 Å². The van der Waals surface area contributed by atoms with Crippen molar-refractivity contribution in [3.05, 3.63) is 36.2 Å². The number of aryl methyl sites for hydroxylation is 1. The second-order valence-electron chi connectivity index (χ2n) is 4.75. The molecule has 0 saturated carbocycles. The molecule has 0 aliphatic rings. The monoisotopic (exact) mass is 233 g/mol. The number of rotatable bonds is 4. The van der Waals surface area contributed by atoms with Crippen LogP contribution in [0.4, 0.5) is 0 Å². The van der Waals surface area contributed by atoms with Gasteiger partial charge >= 0.3 is 0 Å². The zero-order valence-corrected chi connectivity index (χ0v) is 10.5. The van der Waals surface area contributed by atoms with E-state index in [0.29, 0.717) is 5.92 Å². The van der Waals surface area contributed by atoms with E-state index < -0.39 is 0 Å². The van der Waals surface area contributed by atoms with E-state index >= 15 is 0 Å². The summed E-state index contributed by atoms with van der Waals surface area (Å²) in [7, 11) is 1.94. The highest BCUT2D eigenvalue weighted by Gasteiger charge is 2.12. The van der Waals surface area contributed by atoms with E-state index in [2.05, 4.69) is 40.9 Å². The summed E-state index contributed by atoms with van der Waals surface area (Å²) in [5.74, 6) is 1.38. The molecule has 2 heterocycles. The van der Waals surface area contributed by atoms with E-state index in [4.69, 9.17) is 5.73 Å². The minimum Gasteiger partial charge on any atom is -0.346 e. The normalized spacial score (nSPS) is 13.2. The maximum atomic E-state index is 6.11. The maximum Gasteiger partial charge on any atom is 0.152 e. The van der Waals surface area contributed by atoms with Crippen LogP contribution in [0.5, 0.6) is 0 Å². The van der Waals surface area contributed by atoms with Gasteiger partial charge in [0.25, 0.3) is 0 Å². The quantitative estimate of drug-likeness (QED) is 0.866. The third-order valence-corrected chi connectivity index (χ3v) is 3.01. The average Bonchev–Trinajstić information content (AvgIpc) is 2.88. The topological polar surface area (TPSA) is 61.7 Å². The third-order valence-electron chi connectivity index (χ3n) is 3.01. The minimum atomic E-state index is 0.0933. The van der Waals surface area contributed by atoms with E-state index in [1.54, 1.807) is 6.33 Å². The molecule has 0 aliphatic heterocycles. The summed E-state index contributed by atoms with van der Waals surface area (Å²) in [6, 6.07) is 2.16. The lowest BCUT2D eigenvalue weighted by atomic mass is 10.00. The van der Waals surface area contributed by atoms with Gasteiger partial charge in [-0.3, -0.25) is 0 Å². The summed E-state index contributed by atoms with van der Waals surface area (Å²) in [5.41, 5.74) is 7.28. The highest BCUT2D eigenvalue weighted by Crippen LogP contribution is 2.19. The number of nitrogens with zero attached hydrogens (tertiary/aromatic N) is 4. The van der Waals surface area contributed by atoms with E-state index in [-0.39, 0.29) is 6.04 Å². The van der Waals surface area contributed by atoms with Crippen molar-refractivity contribution in [3.63, 3.8) is 0 Å². The Bertz CT molecular complexity index is 483. The van der Waals surface area contributed by atoms with E-state index in [1.165, 1.54) is 5.56 Å². The molecule has 0 aliphatic carbocycles. The zero-order valence-electron chi connectivity index (χ0n) is 10.5. The first-order valence-corrected chi connectivity index (χ1v) is 5.82. The first-order chi connectivity index (χ1) is 8.08. The number of aromatic nitrogens is 4. The fourth-order valence-corrected chi connectivity index (χ4v) is 1.75. The maximum absolute atomic E-state index is 6.11. The molecule has 0 fully saturated rings. The van der Waals surface area contributed by atoms with Crippen LogP contribution in [0.25, 0.3) is 0 Å². The molecule has 17 heavy (non-hydrogen) atoms. The molecule has 0 bridgehead atoms. The Labute approximate surface area is 101 Å². The Morgan fingerprint density at radius 1 is 1.41 bits per heavy atom. The minimum absolute atomic E-state index is 0.0933. The zero-order chi connectivity index (χ0) is 12.4. The second-order valence-corrected chi connectivity index (χ2v) is 4.75. The molecule has 2 aromatic heterocycles. The van der Waals surface area contributed by atoms with Crippen molar-refractivity contribution < 1.29 is 0 Å². The standard InChI is InChI=1S/C12H19N5/c1-9(2)12(13)10-4-5-17(6-10)7-11-15-14-8-16(11)3/h4-6,8-9,12H,7,13H2,1-3H3. The van der Waals surface area contributed by atoms with Crippen LogP contribution in [0.15, 0.2) is 24.8 Å². The van der Waals surface area contributed by atoms with Crippen LogP contribution < -0.4 is 5.73 Å². The summed E-state index contributed by atoms with van der Waals surface area (Å²) in [6.45, 7) is 4.98. The van der Waals surface area contributed by atoms with Crippen molar-refractivity contribution in [2.24, 2.45) is 18.7 Å². The summed E-state index contributed by atoms with van der Waals surface area (Å²) in [5, 5.41) is 7.92. The van der Waals surface area contributed by atoms with Gasteiger partial charge in [-0.2, -0.15) is 0 Å². The van der Waals surface area contributed by atoms with Crippen LogP contribution >= 0.6 is 0 Å². The Morgan fingerprint density at radius 2 is 2.18 bits per heavy atom. The molecule has 0 amide bonds. The second kappa shape index (κ2) is 4.71. The predicted octanol–water partition coefficient (Wildman–Crippen LogP) is 1.32. The first kappa shape index (κ1) is 11.9. The van der Waals surface area contributed by atoms with Crippen LogP contribution in [-0.2, 0) is 13.6 Å². The fourth-order valence-electron chi connectivity index (χ4n) is 1.75. The Hall–Kier alpha value is -1.62. The molecule has 5 nitrogen and oxygen atoms in total. The number of nitrogens with two attached hydrogens (primary N) is 1. The molecular formula is C12H19N5. The Morgan fingerprint density at radius 3 is 2.76 bits per heavy atom. The van der Waals surface area contributed by atoms with Crippen LogP contribution in [0.3, 0.4) is 0 Å². The van der Waals surface area contributed by atoms with Gasteiger partial charge in [0.05, 0.1) is 6.54 Å². The number of hydrogen-bond donors (Lipinski definition) is 1. The highest BCUT2D eigenvalue weighted by atomic mass is 15.3. The Balaban J connectivity index is 2.11. The van der Waals surface area contributed by atoms with Gasteiger partial charge < -0.3 is 14.9 Å². The molecule has 2 rings (SSSR count). The average molecular weight is 233 g/mol. The summed E-state index contributed by atoms with van der Waals surface area (Å²) >= 11 is 0. The molecule has 1 unspecified atom stereocenters. The van der Waals surface area contributed by atoms with Crippen molar-refractivity contribution in [1.82, 2.24) is 19.3 Å². The van der Waals surface area contributed by atoms with Crippen molar-refractivity contribution in [3.8, 4) is 0 Å². The van der Waals surface area contributed by atoms with E-state index in [9.17, 15) is 0 Å². The van der Waals surface area contributed by atoms with Crippen LogP contribution in [-0.4, -0.2) is 19.3 Å². The van der Waals surface area contributed by atoms with Crippen molar-refractivity contribution in [2.75, 3.05) is 0 Å². The molecule has 1 atom stereocenters. The van der Waals surface area contributed by atoms with Crippen LogP contribution in [0.2, 0.25) is 0 Å². The van der Waals surface area contributed by atoms with Gasteiger partial charge in [-0.25, -0.2) is 0 Å². The lowest BCUT2D eigenvalue weighted by Crippen LogP contribution is -2.16. The summed E-state index contributed by atoms with van der Waals surface area (Å²) in [6.07, 6.45) is 5.82. The summed E-state index contributed by atoms with van der Waals surface area (Å²) in [4.78, 5) is 0. The lowest BCUT2D eigenvalue weighted by Gasteiger charge is -2.13. The molecule has 2 aromatic rings. The molecule has 0 saturated heterocycles. The van der Waals surface area contributed by atoms with E-state index in [1.807, 2.05) is 17.8 Å². The smallest absolute Gasteiger partial charge is 0.152 e. The number of hydrogen-bond acceptors (Lipinski definition) is 3. The fraction of sp³-hybridized carbons (Fsp3) is 0.500.